The monoisotopic (exact) mass is 299 g/mol. The van der Waals surface area contributed by atoms with Gasteiger partial charge in [-0.15, -0.1) is 0 Å². The molecular formula is C16H17N3O3. The van der Waals surface area contributed by atoms with Crippen molar-refractivity contribution in [1.82, 2.24) is 14.9 Å². The molecule has 0 spiro atoms. The van der Waals surface area contributed by atoms with Crippen LogP contribution >= 0.6 is 0 Å². The number of amides is 1. The largest absolute Gasteiger partial charge is 0.493 e. The Labute approximate surface area is 128 Å². The molecule has 1 aromatic carbocycles. The molecule has 0 saturated heterocycles. The van der Waals surface area contributed by atoms with Crippen molar-refractivity contribution >= 4 is 5.91 Å². The molecule has 22 heavy (non-hydrogen) atoms. The average molecular weight is 299 g/mol. The van der Waals surface area contributed by atoms with Crippen molar-refractivity contribution in [3.05, 3.63) is 47.5 Å². The maximum absolute atomic E-state index is 12.8. The van der Waals surface area contributed by atoms with Crippen LogP contribution in [0.5, 0.6) is 11.5 Å². The standard InChI is InChI=1S/C16H17N3O3/c1-21-14-5-3-4-12(15(14)22-2)16(20)19-7-6-13-11(9-19)8-17-10-18-13/h3-5,8,10H,6-7,9H2,1-2H3. The summed E-state index contributed by atoms with van der Waals surface area (Å²) < 4.78 is 10.6. The highest BCUT2D eigenvalue weighted by molar-refractivity contribution is 5.98. The number of aromatic nitrogens is 2. The first-order valence-corrected chi connectivity index (χ1v) is 7.02. The molecule has 0 radical (unpaired) electrons. The first kappa shape index (κ1) is 14.3. The minimum absolute atomic E-state index is 0.0785. The summed E-state index contributed by atoms with van der Waals surface area (Å²) in [5, 5.41) is 0. The molecule has 2 heterocycles. The molecule has 6 nitrogen and oxygen atoms in total. The van der Waals surface area contributed by atoms with E-state index < -0.39 is 0 Å². The van der Waals surface area contributed by atoms with Gasteiger partial charge in [0.05, 0.1) is 25.5 Å². The van der Waals surface area contributed by atoms with E-state index >= 15 is 0 Å². The van der Waals surface area contributed by atoms with Crippen molar-refractivity contribution in [2.45, 2.75) is 13.0 Å². The van der Waals surface area contributed by atoms with Crippen molar-refractivity contribution in [3.63, 3.8) is 0 Å². The number of rotatable bonds is 3. The highest BCUT2D eigenvalue weighted by Gasteiger charge is 2.25. The van der Waals surface area contributed by atoms with Crippen LogP contribution in [0, 0.1) is 0 Å². The fraction of sp³-hybridized carbons (Fsp3) is 0.312. The molecular weight excluding hydrogens is 282 g/mol. The van der Waals surface area contributed by atoms with E-state index in [1.54, 1.807) is 42.7 Å². The summed E-state index contributed by atoms with van der Waals surface area (Å²) in [5.74, 6) is 0.935. The van der Waals surface area contributed by atoms with Gasteiger partial charge in [0.1, 0.15) is 6.33 Å². The number of nitrogens with zero attached hydrogens (tertiary/aromatic N) is 3. The second-order valence-electron chi connectivity index (χ2n) is 5.01. The Bertz CT molecular complexity index is 703. The predicted octanol–water partition coefficient (Wildman–Crippen LogP) is 1.69. The van der Waals surface area contributed by atoms with E-state index in [0.29, 0.717) is 30.2 Å². The Morgan fingerprint density at radius 3 is 2.91 bits per heavy atom. The molecule has 0 bridgehead atoms. The first-order chi connectivity index (χ1) is 10.7. The lowest BCUT2D eigenvalue weighted by Gasteiger charge is -2.28. The molecule has 0 atom stereocenters. The SMILES string of the molecule is COc1cccc(C(=O)N2CCc3ncncc3C2)c1OC. The van der Waals surface area contributed by atoms with Gasteiger partial charge >= 0.3 is 0 Å². The maximum atomic E-state index is 12.8. The van der Waals surface area contributed by atoms with Gasteiger partial charge in [-0.1, -0.05) is 6.07 Å². The summed E-state index contributed by atoms with van der Waals surface area (Å²) in [6.45, 7) is 1.14. The Balaban J connectivity index is 1.90. The van der Waals surface area contributed by atoms with Crippen LogP contribution < -0.4 is 9.47 Å². The van der Waals surface area contributed by atoms with Gasteiger partial charge in [0.25, 0.3) is 5.91 Å². The second-order valence-corrected chi connectivity index (χ2v) is 5.01. The molecule has 2 aromatic rings. The van der Waals surface area contributed by atoms with Gasteiger partial charge in [-0.3, -0.25) is 4.79 Å². The summed E-state index contributed by atoms with van der Waals surface area (Å²) in [4.78, 5) is 22.9. The molecule has 1 aromatic heterocycles. The van der Waals surface area contributed by atoms with Crippen molar-refractivity contribution in [2.24, 2.45) is 0 Å². The van der Waals surface area contributed by atoms with E-state index in [1.165, 1.54) is 7.11 Å². The van der Waals surface area contributed by atoms with Gasteiger partial charge in [0.2, 0.25) is 0 Å². The molecule has 114 valence electrons. The zero-order valence-corrected chi connectivity index (χ0v) is 12.6. The van der Waals surface area contributed by atoms with Crippen LogP contribution in [0.15, 0.2) is 30.7 Å². The third-order valence-corrected chi connectivity index (χ3v) is 3.78. The van der Waals surface area contributed by atoms with E-state index in [2.05, 4.69) is 9.97 Å². The average Bonchev–Trinajstić information content (AvgIpc) is 2.59. The van der Waals surface area contributed by atoms with Crippen molar-refractivity contribution in [3.8, 4) is 11.5 Å². The first-order valence-electron chi connectivity index (χ1n) is 7.02. The summed E-state index contributed by atoms with van der Waals surface area (Å²) in [6, 6.07) is 5.31. The maximum Gasteiger partial charge on any atom is 0.258 e. The molecule has 0 saturated carbocycles. The van der Waals surface area contributed by atoms with Gasteiger partial charge in [-0.05, 0) is 12.1 Å². The van der Waals surface area contributed by atoms with E-state index in [4.69, 9.17) is 9.47 Å². The van der Waals surface area contributed by atoms with Crippen molar-refractivity contribution in [2.75, 3.05) is 20.8 Å². The number of benzene rings is 1. The van der Waals surface area contributed by atoms with Crippen molar-refractivity contribution < 1.29 is 14.3 Å². The molecule has 6 heteroatoms. The predicted molar refractivity (Wildman–Crippen MR) is 80.0 cm³/mol. The number of hydrogen-bond donors (Lipinski definition) is 0. The fourth-order valence-corrected chi connectivity index (χ4v) is 2.67. The third kappa shape index (κ3) is 2.47. The number of carbonyl (C=O) groups is 1. The van der Waals surface area contributed by atoms with Gasteiger partial charge in [0.15, 0.2) is 11.5 Å². The molecule has 1 aliphatic heterocycles. The van der Waals surface area contributed by atoms with Crippen LogP contribution in [0.1, 0.15) is 21.6 Å². The van der Waals surface area contributed by atoms with Gasteiger partial charge in [-0.2, -0.15) is 0 Å². The van der Waals surface area contributed by atoms with E-state index in [1.807, 2.05) is 0 Å². The van der Waals surface area contributed by atoms with Crippen LogP contribution in [0.2, 0.25) is 0 Å². The molecule has 0 fully saturated rings. The minimum Gasteiger partial charge on any atom is -0.493 e. The molecule has 1 aliphatic rings. The molecule has 0 unspecified atom stereocenters. The zero-order valence-electron chi connectivity index (χ0n) is 12.6. The normalized spacial score (nSPS) is 13.5. The number of para-hydroxylation sites is 1. The summed E-state index contributed by atoms with van der Waals surface area (Å²) in [7, 11) is 3.09. The molecule has 3 rings (SSSR count). The van der Waals surface area contributed by atoms with E-state index in [0.717, 1.165) is 17.7 Å². The summed E-state index contributed by atoms with van der Waals surface area (Å²) >= 11 is 0. The van der Waals surface area contributed by atoms with Crippen LogP contribution in [-0.4, -0.2) is 41.5 Å². The number of carbonyl (C=O) groups excluding carboxylic acids is 1. The number of ether oxygens (including phenoxy) is 2. The number of methoxy groups -OCH3 is 2. The quantitative estimate of drug-likeness (QED) is 0.863. The highest BCUT2D eigenvalue weighted by atomic mass is 16.5. The Kier molecular flexibility index (Phi) is 3.91. The smallest absolute Gasteiger partial charge is 0.258 e. The minimum atomic E-state index is -0.0785. The Morgan fingerprint density at radius 2 is 2.14 bits per heavy atom. The zero-order chi connectivity index (χ0) is 15.5. The van der Waals surface area contributed by atoms with Gasteiger partial charge in [-0.25, -0.2) is 9.97 Å². The van der Waals surface area contributed by atoms with Crippen molar-refractivity contribution in [1.29, 1.82) is 0 Å². The van der Waals surface area contributed by atoms with Gasteiger partial charge in [0, 0.05) is 31.3 Å². The van der Waals surface area contributed by atoms with Crippen LogP contribution in [0.25, 0.3) is 0 Å². The Hall–Kier alpha value is -2.63. The number of hydrogen-bond acceptors (Lipinski definition) is 5. The van der Waals surface area contributed by atoms with Crippen LogP contribution in [0.3, 0.4) is 0 Å². The molecule has 1 amide bonds. The third-order valence-electron chi connectivity index (χ3n) is 3.78. The van der Waals surface area contributed by atoms with E-state index in [9.17, 15) is 4.79 Å². The molecule has 0 aliphatic carbocycles. The lowest BCUT2D eigenvalue weighted by atomic mass is 10.1. The summed E-state index contributed by atoms with van der Waals surface area (Å²) in [6.07, 6.45) is 4.04. The van der Waals surface area contributed by atoms with Crippen LogP contribution in [0.4, 0.5) is 0 Å². The summed E-state index contributed by atoms with van der Waals surface area (Å²) in [5.41, 5.74) is 2.50. The van der Waals surface area contributed by atoms with Gasteiger partial charge < -0.3 is 14.4 Å². The highest BCUT2D eigenvalue weighted by Crippen LogP contribution is 2.32. The molecule has 0 N–H and O–H groups in total. The number of fused-ring (bicyclic) bond motifs is 1. The van der Waals surface area contributed by atoms with E-state index in [-0.39, 0.29) is 5.91 Å². The Morgan fingerprint density at radius 1 is 1.27 bits per heavy atom. The topological polar surface area (TPSA) is 64.5 Å². The lowest BCUT2D eigenvalue weighted by molar-refractivity contribution is 0.0729. The lowest BCUT2D eigenvalue weighted by Crippen LogP contribution is -2.36. The van der Waals surface area contributed by atoms with Crippen LogP contribution in [-0.2, 0) is 13.0 Å². The second kappa shape index (κ2) is 6.01. The fourth-order valence-electron chi connectivity index (χ4n) is 2.67.